The maximum absolute atomic E-state index is 9.82. The lowest BCUT2D eigenvalue weighted by Gasteiger charge is -2.42. The van der Waals surface area contributed by atoms with Gasteiger partial charge in [-0.05, 0) is 66.8 Å². The van der Waals surface area contributed by atoms with E-state index in [4.69, 9.17) is 0 Å². The first-order chi connectivity index (χ1) is 11.3. The summed E-state index contributed by atoms with van der Waals surface area (Å²) in [6.07, 6.45) is 6.05. The summed E-state index contributed by atoms with van der Waals surface area (Å²) in [5.41, 5.74) is 4.26. The number of nitrogens with zero attached hydrogens (tertiary/aromatic N) is 1. The van der Waals surface area contributed by atoms with E-state index in [0.29, 0.717) is 11.8 Å². The van der Waals surface area contributed by atoms with E-state index in [9.17, 15) is 5.11 Å². The molecule has 0 aromatic heterocycles. The Bertz CT molecular complexity index is 667. The number of fused-ring (bicyclic) bond motifs is 2. The monoisotopic (exact) mass is 307 g/mol. The topological polar surface area (TPSA) is 23.5 Å². The molecular formula is C21H25NO. The van der Waals surface area contributed by atoms with Crippen LogP contribution >= 0.6 is 0 Å². The largest absolute Gasteiger partial charge is 0.508 e. The van der Waals surface area contributed by atoms with Gasteiger partial charge in [-0.2, -0.15) is 0 Å². The van der Waals surface area contributed by atoms with Gasteiger partial charge in [0.25, 0.3) is 0 Å². The molecule has 1 aliphatic carbocycles. The summed E-state index contributed by atoms with van der Waals surface area (Å²) in [4.78, 5) is 2.70. The zero-order valence-corrected chi connectivity index (χ0v) is 13.6. The normalized spacial score (nSPS) is 24.0. The minimum atomic E-state index is 0.413. The molecule has 2 atom stereocenters. The number of piperidine rings is 1. The molecule has 23 heavy (non-hydrogen) atoms. The molecule has 2 aromatic carbocycles. The minimum absolute atomic E-state index is 0.413. The van der Waals surface area contributed by atoms with Crippen LogP contribution in [0.5, 0.6) is 5.75 Å². The second-order valence-electron chi connectivity index (χ2n) is 7.19. The summed E-state index contributed by atoms with van der Waals surface area (Å²) in [7, 11) is 0. The SMILES string of the molecule is Oc1ccc2c(c1)C[C@@H]1CC[C@H](C2)CN1CCc1ccccc1. The highest BCUT2D eigenvalue weighted by atomic mass is 16.3. The Morgan fingerprint density at radius 1 is 0.957 bits per heavy atom. The number of phenolic OH excluding ortho intramolecular Hbond substituents is 1. The standard InChI is InChI=1S/C21H25NO/c23-21-9-7-18-12-17-6-8-20(13-19(18)14-21)22(15-17)11-10-16-4-2-1-3-5-16/h1-5,7,9,14,17,20,23H,6,8,10-13,15H2/t17-,20+/m1/s1. The van der Waals surface area contributed by atoms with Crippen LogP contribution in [-0.2, 0) is 19.3 Å². The van der Waals surface area contributed by atoms with E-state index in [1.54, 1.807) is 0 Å². The third-order valence-corrected chi connectivity index (χ3v) is 5.60. The van der Waals surface area contributed by atoms with Gasteiger partial charge in [-0.25, -0.2) is 0 Å². The van der Waals surface area contributed by atoms with E-state index >= 15 is 0 Å². The first-order valence-corrected chi connectivity index (χ1v) is 8.86. The van der Waals surface area contributed by atoms with E-state index in [0.717, 1.165) is 25.3 Å². The number of phenols is 1. The number of hydrogen-bond acceptors (Lipinski definition) is 2. The fourth-order valence-electron chi connectivity index (χ4n) is 4.34. The van der Waals surface area contributed by atoms with Crippen molar-refractivity contribution in [3.05, 3.63) is 65.2 Å². The van der Waals surface area contributed by atoms with Crippen molar-refractivity contribution in [2.24, 2.45) is 5.92 Å². The summed E-state index contributed by atoms with van der Waals surface area (Å²) in [5, 5.41) is 9.82. The van der Waals surface area contributed by atoms with Crippen molar-refractivity contribution < 1.29 is 5.11 Å². The molecule has 2 bridgehead atoms. The summed E-state index contributed by atoms with van der Waals surface area (Å²) >= 11 is 0. The predicted molar refractivity (Wildman–Crippen MR) is 93.7 cm³/mol. The number of aromatic hydroxyl groups is 1. The minimum Gasteiger partial charge on any atom is -0.508 e. The Kier molecular flexibility index (Phi) is 4.09. The Hall–Kier alpha value is -1.80. The molecule has 2 aromatic rings. The van der Waals surface area contributed by atoms with E-state index < -0.39 is 0 Å². The van der Waals surface area contributed by atoms with Crippen LogP contribution in [0.3, 0.4) is 0 Å². The second-order valence-corrected chi connectivity index (χ2v) is 7.19. The van der Waals surface area contributed by atoms with Crippen LogP contribution < -0.4 is 0 Å². The van der Waals surface area contributed by atoms with E-state index in [-0.39, 0.29) is 0 Å². The van der Waals surface area contributed by atoms with Crippen molar-refractivity contribution >= 4 is 0 Å². The molecule has 2 heterocycles. The third kappa shape index (κ3) is 3.28. The molecule has 0 saturated carbocycles. The number of rotatable bonds is 3. The fourth-order valence-corrected chi connectivity index (χ4v) is 4.34. The summed E-state index contributed by atoms with van der Waals surface area (Å²) in [6, 6.07) is 17.4. The first-order valence-electron chi connectivity index (χ1n) is 8.86. The van der Waals surface area contributed by atoms with Gasteiger partial charge in [0.05, 0.1) is 0 Å². The lowest BCUT2D eigenvalue weighted by Crippen LogP contribution is -2.47. The molecule has 3 aliphatic rings. The predicted octanol–water partition coefficient (Wildman–Crippen LogP) is 3.81. The molecule has 0 spiro atoms. The zero-order chi connectivity index (χ0) is 15.6. The highest BCUT2D eigenvalue weighted by molar-refractivity contribution is 5.36. The van der Waals surface area contributed by atoms with Crippen molar-refractivity contribution in [2.75, 3.05) is 13.1 Å². The van der Waals surface area contributed by atoms with Crippen molar-refractivity contribution in [3.63, 3.8) is 0 Å². The van der Waals surface area contributed by atoms with Crippen LogP contribution in [0.2, 0.25) is 0 Å². The highest BCUT2D eigenvalue weighted by Crippen LogP contribution is 2.33. The second kappa shape index (κ2) is 6.37. The van der Waals surface area contributed by atoms with Gasteiger partial charge < -0.3 is 5.11 Å². The Balaban J connectivity index is 1.51. The Labute approximate surface area is 138 Å². The molecule has 1 saturated heterocycles. The third-order valence-electron chi connectivity index (χ3n) is 5.60. The van der Waals surface area contributed by atoms with Crippen LogP contribution in [0, 0.1) is 5.92 Å². The maximum Gasteiger partial charge on any atom is 0.115 e. The average molecular weight is 307 g/mol. The number of hydrogen-bond donors (Lipinski definition) is 1. The van der Waals surface area contributed by atoms with Crippen LogP contribution in [0.4, 0.5) is 0 Å². The van der Waals surface area contributed by atoms with Crippen molar-refractivity contribution in [1.82, 2.24) is 4.90 Å². The van der Waals surface area contributed by atoms with E-state index in [1.165, 1.54) is 42.5 Å². The molecule has 1 N–H and O–H groups in total. The molecule has 1 fully saturated rings. The van der Waals surface area contributed by atoms with Gasteiger partial charge >= 0.3 is 0 Å². The molecule has 0 radical (unpaired) electrons. The maximum atomic E-state index is 9.82. The van der Waals surface area contributed by atoms with Gasteiger partial charge in [-0.3, -0.25) is 4.90 Å². The lowest BCUT2D eigenvalue weighted by molar-refractivity contribution is 0.102. The summed E-state index contributed by atoms with van der Waals surface area (Å²) in [6.45, 7) is 2.39. The Morgan fingerprint density at radius 3 is 2.70 bits per heavy atom. The van der Waals surface area contributed by atoms with Crippen LogP contribution in [0.25, 0.3) is 0 Å². The number of benzene rings is 2. The van der Waals surface area contributed by atoms with Crippen LogP contribution in [-0.4, -0.2) is 29.1 Å². The smallest absolute Gasteiger partial charge is 0.115 e. The highest BCUT2D eigenvalue weighted by Gasteiger charge is 2.31. The molecular weight excluding hydrogens is 282 g/mol. The van der Waals surface area contributed by atoms with E-state index in [2.05, 4.69) is 41.3 Å². The van der Waals surface area contributed by atoms with Crippen LogP contribution in [0.1, 0.15) is 29.5 Å². The molecule has 2 nitrogen and oxygen atoms in total. The average Bonchev–Trinajstić information content (AvgIpc) is 2.55. The molecule has 0 unspecified atom stereocenters. The lowest BCUT2D eigenvalue weighted by atomic mass is 9.80. The summed E-state index contributed by atoms with van der Waals surface area (Å²) < 4.78 is 0. The fraction of sp³-hybridized carbons (Fsp3) is 0.429. The molecule has 0 amide bonds. The summed E-state index contributed by atoms with van der Waals surface area (Å²) in [5.74, 6) is 1.18. The molecule has 2 aliphatic heterocycles. The quantitative estimate of drug-likeness (QED) is 0.932. The van der Waals surface area contributed by atoms with Crippen molar-refractivity contribution in [2.45, 2.75) is 38.1 Å². The van der Waals surface area contributed by atoms with Crippen LogP contribution in [0.15, 0.2) is 48.5 Å². The molecule has 2 heteroatoms. The first kappa shape index (κ1) is 14.8. The molecule has 5 rings (SSSR count). The van der Waals surface area contributed by atoms with Crippen molar-refractivity contribution in [1.29, 1.82) is 0 Å². The van der Waals surface area contributed by atoms with Crippen molar-refractivity contribution in [3.8, 4) is 5.75 Å². The Morgan fingerprint density at radius 2 is 1.83 bits per heavy atom. The van der Waals surface area contributed by atoms with Gasteiger partial charge in [0, 0.05) is 19.1 Å². The molecule has 120 valence electrons. The van der Waals surface area contributed by atoms with E-state index in [1.807, 2.05) is 12.1 Å². The van der Waals surface area contributed by atoms with Gasteiger partial charge in [0.15, 0.2) is 0 Å². The van der Waals surface area contributed by atoms with Gasteiger partial charge in [-0.15, -0.1) is 0 Å². The zero-order valence-electron chi connectivity index (χ0n) is 13.6. The van der Waals surface area contributed by atoms with Gasteiger partial charge in [0.2, 0.25) is 0 Å². The van der Waals surface area contributed by atoms with Gasteiger partial charge in [0.1, 0.15) is 5.75 Å². The van der Waals surface area contributed by atoms with Gasteiger partial charge in [-0.1, -0.05) is 36.4 Å².